The summed E-state index contributed by atoms with van der Waals surface area (Å²) in [6.45, 7) is 1.26. The molecule has 6 aliphatic carbocycles. The number of fused-ring (bicyclic) bond motifs is 3. The first kappa shape index (κ1) is 33.6. The number of nitrogens with one attached hydrogen (secondary N) is 1. The summed E-state index contributed by atoms with van der Waals surface area (Å²) in [7, 11) is 0. The lowest BCUT2D eigenvalue weighted by Gasteiger charge is -2.61. The number of ether oxygens (including phenoxy) is 3. The van der Waals surface area contributed by atoms with Gasteiger partial charge in [-0.1, -0.05) is 60.7 Å². The van der Waals surface area contributed by atoms with Crippen LogP contribution in [-0.2, 0) is 19.2 Å². The van der Waals surface area contributed by atoms with Crippen molar-refractivity contribution in [1.29, 1.82) is 0 Å². The lowest BCUT2D eigenvalue weighted by molar-refractivity contribution is -0.391. The van der Waals surface area contributed by atoms with E-state index in [4.69, 9.17) is 29.7 Å². The Kier molecular flexibility index (Phi) is 8.13. The molecule has 11 rings (SSSR count). The van der Waals surface area contributed by atoms with Gasteiger partial charge in [-0.25, -0.2) is 9.59 Å². The lowest BCUT2D eigenvalue weighted by Crippen LogP contribution is -2.67. The smallest absolute Gasteiger partial charge is 0.415 e. The van der Waals surface area contributed by atoms with Crippen molar-refractivity contribution in [2.75, 3.05) is 19.7 Å². The summed E-state index contributed by atoms with van der Waals surface area (Å²) >= 11 is 0. The van der Waals surface area contributed by atoms with Gasteiger partial charge in [-0.05, 0) is 110 Å². The van der Waals surface area contributed by atoms with Crippen LogP contribution in [0.5, 0.6) is 5.75 Å². The third kappa shape index (κ3) is 5.93. The molecule has 3 aromatic carbocycles. The first-order valence-corrected chi connectivity index (χ1v) is 19.8. The Bertz CT molecular complexity index is 1830. The Balaban J connectivity index is 0.695. The SMILES string of the molecule is N[C@]12C[C@@H]3C[C@H](C1)[C@]1(OO[C@@]4(CCC[C@@H](c5ccc(OC(=O)N6CCC(NC(=O)OCC7c8ccccc8-c8ccccc87)CC6)cc5)C4)O1)[C@@H](C3)C2. The van der Waals surface area contributed by atoms with Crippen LogP contribution in [0.3, 0.4) is 0 Å². The number of hydrogen-bond donors (Lipinski definition) is 2. The Labute approximate surface area is 310 Å². The molecule has 4 bridgehead atoms. The fourth-order valence-electron chi connectivity index (χ4n) is 11.4. The largest absolute Gasteiger partial charge is 0.449 e. The molecule has 7 fully saturated rings. The minimum Gasteiger partial charge on any atom is -0.449 e. The van der Waals surface area contributed by atoms with E-state index in [1.54, 1.807) is 4.90 Å². The molecule has 2 heterocycles. The van der Waals surface area contributed by atoms with E-state index in [1.807, 2.05) is 36.4 Å². The van der Waals surface area contributed by atoms with E-state index in [9.17, 15) is 9.59 Å². The van der Waals surface area contributed by atoms with Crippen LogP contribution in [-0.4, -0.2) is 59.9 Å². The fourth-order valence-corrected chi connectivity index (χ4v) is 11.4. The van der Waals surface area contributed by atoms with Crippen molar-refractivity contribution < 1.29 is 33.6 Å². The summed E-state index contributed by atoms with van der Waals surface area (Å²) in [5, 5.41) is 3.02. The summed E-state index contributed by atoms with van der Waals surface area (Å²) in [4.78, 5) is 40.1. The first-order valence-electron chi connectivity index (χ1n) is 19.8. The van der Waals surface area contributed by atoms with E-state index in [2.05, 4.69) is 41.7 Å². The number of alkyl carbamates (subject to hydrolysis) is 1. The second-order valence-electron chi connectivity index (χ2n) is 17.1. The number of nitrogens with two attached hydrogens (primary N) is 1. The zero-order valence-electron chi connectivity index (χ0n) is 30.2. The molecule has 5 saturated carbocycles. The molecule has 0 unspecified atom stereocenters. The number of carbonyl (C=O) groups excluding carboxylic acids is 2. The summed E-state index contributed by atoms with van der Waals surface area (Å²) in [6, 6.07) is 24.4. The van der Waals surface area contributed by atoms with Crippen molar-refractivity contribution in [1.82, 2.24) is 10.2 Å². The van der Waals surface area contributed by atoms with Crippen LogP contribution in [0.15, 0.2) is 72.8 Å². The summed E-state index contributed by atoms with van der Waals surface area (Å²) in [5.74, 6) is 0.704. The van der Waals surface area contributed by atoms with Crippen molar-refractivity contribution in [3.8, 4) is 16.9 Å². The zero-order valence-corrected chi connectivity index (χ0v) is 30.2. The maximum atomic E-state index is 13.1. The van der Waals surface area contributed by atoms with E-state index in [-0.39, 0.29) is 36.1 Å². The number of piperidine rings is 1. The Morgan fingerprint density at radius 1 is 0.830 bits per heavy atom. The molecule has 53 heavy (non-hydrogen) atoms. The normalized spacial score (nSPS) is 34.3. The minimum absolute atomic E-state index is 0.0158. The number of hydrogen-bond acceptors (Lipinski definition) is 8. The predicted molar refractivity (Wildman–Crippen MR) is 196 cm³/mol. The van der Waals surface area contributed by atoms with Gasteiger partial charge in [0.1, 0.15) is 12.4 Å². The van der Waals surface area contributed by atoms with Crippen molar-refractivity contribution in [3.63, 3.8) is 0 Å². The molecule has 10 heteroatoms. The summed E-state index contributed by atoms with van der Waals surface area (Å²) in [6.07, 6.45) is 9.36. The number of likely N-dealkylation sites (tertiary alicyclic amines) is 1. The van der Waals surface area contributed by atoms with Gasteiger partial charge in [0.05, 0.1) is 0 Å². The molecule has 0 aromatic heterocycles. The van der Waals surface area contributed by atoms with Gasteiger partial charge in [0.15, 0.2) is 0 Å². The number of amides is 2. The van der Waals surface area contributed by atoms with Crippen LogP contribution in [0, 0.1) is 17.8 Å². The Hall–Kier alpha value is -3.96. The Morgan fingerprint density at radius 2 is 1.51 bits per heavy atom. The molecule has 2 amide bonds. The van der Waals surface area contributed by atoms with Crippen LogP contribution >= 0.6 is 0 Å². The molecule has 10 nitrogen and oxygen atoms in total. The summed E-state index contributed by atoms with van der Waals surface area (Å²) in [5.41, 5.74) is 12.7. The first-order chi connectivity index (χ1) is 25.8. The van der Waals surface area contributed by atoms with Gasteiger partial charge in [-0.15, -0.1) is 0 Å². The van der Waals surface area contributed by atoms with Gasteiger partial charge < -0.3 is 30.2 Å². The van der Waals surface area contributed by atoms with Crippen molar-refractivity contribution in [3.05, 3.63) is 89.5 Å². The highest BCUT2D eigenvalue weighted by atomic mass is 17.3. The molecule has 2 saturated heterocycles. The summed E-state index contributed by atoms with van der Waals surface area (Å²) < 4.78 is 18.5. The monoisotopic (exact) mass is 719 g/mol. The van der Waals surface area contributed by atoms with Crippen molar-refractivity contribution in [2.24, 2.45) is 23.5 Å². The van der Waals surface area contributed by atoms with E-state index < -0.39 is 17.7 Å². The second kappa shape index (κ2) is 12.8. The van der Waals surface area contributed by atoms with Gasteiger partial charge in [-0.2, -0.15) is 9.78 Å². The number of carbonyl (C=O) groups is 2. The maximum Gasteiger partial charge on any atom is 0.415 e. The van der Waals surface area contributed by atoms with Crippen molar-refractivity contribution in [2.45, 2.75) is 106 Å². The molecule has 8 aliphatic rings. The maximum absolute atomic E-state index is 13.1. The second-order valence-corrected chi connectivity index (χ2v) is 17.1. The number of benzene rings is 3. The fraction of sp³-hybridized carbons (Fsp3) is 0.535. The predicted octanol–water partition coefficient (Wildman–Crippen LogP) is 7.75. The average Bonchev–Trinajstić information content (AvgIpc) is 3.69. The Morgan fingerprint density at radius 3 is 2.19 bits per heavy atom. The van der Waals surface area contributed by atoms with E-state index in [0.717, 1.165) is 57.8 Å². The zero-order chi connectivity index (χ0) is 35.8. The van der Waals surface area contributed by atoms with Crippen LogP contribution < -0.4 is 15.8 Å². The highest BCUT2D eigenvalue weighted by molar-refractivity contribution is 5.79. The molecule has 278 valence electrons. The molecular formula is C43H49N3O7. The third-order valence-electron chi connectivity index (χ3n) is 13.7. The van der Waals surface area contributed by atoms with Crippen LogP contribution in [0.1, 0.15) is 99.2 Å². The number of rotatable bonds is 5. The van der Waals surface area contributed by atoms with Gasteiger partial charge in [0.2, 0.25) is 11.6 Å². The van der Waals surface area contributed by atoms with Gasteiger partial charge in [0, 0.05) is 55.3 Å². The molecule has 0 radical (unpaired) electrons. The molecular weight excluding hydrogens is 670 g/mol. The highest BCUT2D eigenvalue weighted by Crippen LogP contribution is 2.64. The van der Waals surface area contributed by atoms with E-state index in [0.29, 0.717) is 49.4 Å². The van der Waals surface area contributed by atoms with Gasteiger partial charge in [0.25, 0.3) is 0 Å². The van der Waals surface area contributed by atoms with Gasteiger partial charge in [-0.3, -0.25) is 0 Å². The molecule has 7 atom stereocenters. The average molecular weight is 720 g/mol. The highest BCUT2D eigenvalue weighted by Gasteiger charge is 2.69. The molecule has 2 spiro atoms. The minimum atomic E-state index is -0.725. The van der Waals surface area contributed by atoms with Crippen molar-refractivity contribution >= 4 is 12.2 Å². The van der Waals surface area contributed by atoms with Crippen LogP contribution in [0.4, 0.5) is 9.59 Å². The topological polar surface area (TPSA) is 122 Å². The molecule has 3 N–H and O–H groups in total. The van der Waals surface area contributed by atoms with E-state index >= 15 is 0 Å². The number of nitrogens with zero attached hydrogens (tertiary/aromatic N) is 1. The lowest BCUT2D eigenvalue weighted by atomic mass is 9.50. The standard InChI is InChI=1S/C43H49N3O7/c44-41-22-27-20-30(24-41)43(31(21-27)25-41)51-42(52-53-43)17-5-6-29(23-42)28-11-13-33(14-12-28)50-40(48)46-18-15-32(16-19-46)45-39(47)49-26-38-36-9-3-1-7-34(36)35-8-2-4-10-37(35)38/h1-4,7-14,27,29-32,38H,5-6,15-26,44H2,(H,45,47)/t27-,29-,30-,31+,41-,42-,43+/m1/s1. The van der Waals surface area contributed by atoms with Crippen LogP contribution in [0.25, 0.3) is 11.1 Å². The van der Waals surface area contributed by atoms with E-state index in [1.165, 1.54) is 27.8 Å². The van der Waals surface area contributed by atoms with Gasteiger partial charge >= 0.3 is 12.2 Å². The molecule has 3 aromatic rings. The van der Waals surface area contributed by atoms with Crippen LogP contribution in [0.2, 0.25) is 0 Å². The molecule has 2 aliphatic heterocycles. The third-order valence-corrected chi connectivity index (χ3v) is 13.7. The quantitative estimate of drug-likeness (QED) is 0.257.